The number of rotatable bonds is 5. The van der Waals surface area contributed by atoms with E-state index in [2.05, 4.69) is 0 Å². The van der Waals surface area contributed by atoms with Crippen molar-refractivity contribution in [1.82, 2.24) is 4.90 Å². The second-order valence-corrected chi connectivity index (χ2v) is 7.55. The molecular formula is C23H23F2NO4. The standard InChI is InChI=1S/C23H23F2NO4/c1-14(2)29-13-17-16-5-3-4-6-20(16)30-22(17)23(27)26-9-10-28-21(12-26)15-7-8-18(24)19(25)11-15/h3-8,11,14,21H,9-10,12-13H2,1-2H3. The number of benzene rings is 2. The van der Waals surface area contributed by atoms with Crippen LogP contribution in [0.15, 0.2) is 46.9 Å². The zero-order valence-electron chi connectivity index (χ0n) is 16.9. The SMILES string of the molecule is CC(C)OCc1c(C(=O)N2CCOC(c3ccc(F)c(F)c3)C2)oc2ccccc12. The average Bonchev–Trinajstić information content (AvgIpc) is 3.12. The largest absolute Gasteiger partial charge is 0.451 e. The third-order valence-electron chi connectivity index (χ3n) is 5.12. The normalized spacial score (nSPS) is 17.1. The van der Waals surface area contributed by atoms with Crippen LogP contribution in [0.5, 0.6) is 0 Å². The summed E-state index contributed by atoms with van der Waals surface area (Å²) in [7, 11) is 0. The smallest absolute Gasteiger partial charge is 0.290 e. The van der Waals surface area contributed by atoms with E-state index in [1.165, 1.54) is 6.07 Å². The minimum absolute atomic E-state index is 0.00255. The number of morpholine rings is 1. The fraction of sp³-hybridized carbons (Fsp3) is 0.348. The molecule has 0 saturated carbocycles. The molecule has 1 unspecified atom stereocenters. The lowest BCUT2D eigenvalue weighted by atomic mass is 10.1. The average molecular weight is 415 g/mol. The molecule has 2 aromatic carbocycles. The third-order valence-corrected chi connectivity index (χ3v) is 5.12. The van der Waals surface area contributed by atoms with Crippen LogP contribution in [0.3, 0.4) is 0 Å². The van der Waals surface area contributed by atoms with Gasteiger partial charge in [0.15, 0.2) is 17.4 Å². The van der Waals surface area contributed by atoms with Crippen molar-refractivity contribution in [3.05, 3.63) is 71.0 Å². The summed E-state index contributed by atoms with van der Waals surface area (Å²) < 4.78 is 44.3. The number of fused-ring (bicyclic) bond motifs is 1. The number of para-hydroxylation sites is 1. The molecule has 30 heavy (non-hydrogen) atoms. The number of amides is 1. The van der Waals surface area contributed by atoms with Gasteiger partial charge in [-0.05, 0) is 37.6 Å². The molecular weight excluding hydrogens is 392 g/mol. The van der Waals surface area contributed by atoms with E-state index in [1.54, 1.807) is 4.90 Å². The summed E-state index contributed by atoms with van der Waals surface area (Å²) in [6.45, 7) is 4.99. The van der Waals surface area contributed by atoms with Crippen molar-refractivity contribution in [1.29, 1.82) is 0 Å². The van der Waals surface area contributed by atoms with Crippen LogP contribution < -0.4 is 0 Å². The molecule has 3 aromatic rings. The first kappa shape index (κ1) is 20.5. The van der Waals surface area contributed by atoms with E-state index in [-0.39, 0.29) is 37.5 Å². The topological polar surface area (TPSA) is 51.9 Å². The number of furan rings is 1. The maximum atomic E-state index is 13.6. The summed E-state index contributed by atoms with van der Waals surface area (Å²) in [5.41, 5.74) is 1.81. The van der Waals surface area contributed by atoms with Crippen LogP contribution in [0.25, 0.3) is 11.0 Å². The first-order valence-electron chi connectivity index (χ1n) is 9.92. The Bertz CT molecular complexity index is 1060. The quantitative estimate of drug-likeness (QED) is 0.598. The van der Waals surface area contributed by atoms with Gasteiger partial charge in [-0.2, -0.15) is 0 Å². The van der Waals surface area contributed by atoms with E-state index in [0.717, 1.165) is 17.5 Å². The predicted octanol–water partition coefficient (Wildman–Crippen LogP) is 4.85. The molecule has 7 heteroatoms. The van der Waals surface area contributed by atoms with Gasteiger partial charge >= 0.3 is 0 Å². The summed E-state index contributed by atoms with van der Waals surface area (Å²) in [5, 5.41) is 0.840. The highest BCUT2D eigenvalue weighted by atomic mass is 19.2. The van der Waals surface area contributed by atoms with Crippen molar-refractivity contribution in [2.45, 2.75) is 32.7 Å². The number of nitrogens with zero attached hydrogens (tertiary/aromatic N) is 1. The molecule has 0 spiro atoms. The lowest BCUT2D eigenvalue weighted by Crippen LogP contribution is -2.42. The van der Waals surface area contributed by atoms with E-state index in [0.29, 0.717) is 23.3 Å². The lowest BCUT2D eigenvalue weighted by Gasteiger charge is -2.33. The Morgan fingerprint density at radius 3 is 2.77 bits per heavy atom. The Morgan fingerprint density at radius 2 is 2.00 bits per heavy atom. The molecule has 0 aliphatic carbocycles. The highest BCUT2D eigenvalue weighted by Gasteiger charge is 2.31. The number of halogens is 2. The predicted molar refractivity (Wildman–Crippen MR) is 107 cm³/mol. The maximum absolute atomic E-state index is 13.6. The van der Waals surface area contributed by atoms with E-state index in [1.807, 2.05) is 38.1 Å². The van der Waals surface area contributed by atoms with Gasteiger partial charge in [0.2, 0.25) is 0 Å². The molecule has 1 aromatic heterocycles. The van der Waals surface area contributed by atoms with Crippen molar-refractivity contribution in [2.75, 3.05) is 19.7 Å². The fourth-order valence-electron chi connectivity index (χ4n) is 3.56. The molecule has 1 amide bonds. The zero-order chi connectivity index (χ0) is 21.3. The number of carbonyl (C=O) groups is 1. The second kappa shape index (κ2) is 8.53. The molecule has 1 atom stereocenters. The van der Waals surface area contributed by atoms with Crippen LogP contribution in [0.2, 0.25) is 0 Å². The molecule has 1 aliphatic heterocycles. The van der Waals surface area contributed by atoms with Crippen LogP contribution >= 0.6 is 0 Å². The molecule has 4 rings (SSSR count). The van der Waals surface area contributed by atoms with Crippen molar-refractivity contribution in [3.63, 3.8) is 0 Å². The van der Waals surface area contributed by atoms with Crippen molar-refractivity contribution in [3.8, 4) is 0 Å². The summed E-state index contributed by atoms with van der Waals surface area (Å²) in [6, 6.07) is 11.1. The Morgan fingerprint density at radius 1 is 1.20 bits per heavy atom. The number of carbonyl (C=O) groups excluding carboxylic acids is 1. The molecule has 0 N–H and O–H groups in total. The molecule has 1 aliphatic rings. The van der Waals surface area contributed by atoms with Crippen LogP contribution in [0, 0.1) is 11.6 Å². The van der Waals surface area contributed by atoms with Gasteiger partial charge in [-0.15, -0.1) is 0 Å². The van der Waals surface area contributed by atoms with Crippen LogP contribution in [-0.4, -0.2) is 36.6 Å². The minimum Gasteiger partial charge on any atom is -0.451 e. The number of hydrogen-bond acceptors (Lipinski definition) is 4. The summed E-state index contributed by atoms with van der Waals surface area (Å²) >= 11 is 0. The van der Waals surface area contributed by atoms with Gasteiger partial charge in [0, 0.05) is 17.5 Å². The van der Waals surface area contributed by atoms with Gasteiger partial charge < -0.3 is 18.8 Å². The van der Waals surface area contributed by atoms with Gasteiger partial charge in [0.1, 0.15) is 11.7 Å². The van der Waals surface area contributed by atoms with Crippen molar-refractivity contribution >= 4 is 16.9 Å². The summed E-state index contributed by atoms with van der Waals surface area (Å²) in [5.74, 6) is -1.89. The molecule has 0 bridgehead atoms. The number of ether oxygens (including phenoxy) is 2. The van der Waals surface area contributed by atoms with Crippen LogP contribution in [0.4, 0.5) is 8.78 Å². The minimum atomic E-state index is -0.940. The van der Waals surface area contributed by atoms with E-state index >= 15 is 0 Å². The van der Waals surface area contributed by atoms with E-state index in [9.17, 15) is 13.6 Å². The fourth-order valence-corrected chi connectivity index (χ4v) is 3.56. The van der Waals surface area contributed by atoms with Gasteiger partial charge in [0.05, 0.1) is 25.9 Å². The van der Waals surface area contributed by atoms with Gasteiger partial charge in [-0.25, -0.2) is 8.78 Å². The first-order valence-corrected chi connectivity index (χ1v) is 9.92. The van der Waals surface area contributed by atoms with Gasteiger partial charge in [0.25, 0.3) is 5.91 Å². The molecule has 5 nitrogen and oxygen atoms in total. The molecule has 158 valence electrons. The van der Waals surface area contributed by atoms with Crippen molar-refractivity contribution < 1.29 is 27.5 Å². The Balaban J connectivity index is 1.61. The first-order chi connectivity index (χ1) is 14.4. The van der Waals surface area contributed by atoms with E-state index < -0.39 is 17.7 Å². The third kappa shape index (κ3) is 4.08. The van der Waals surface area contributed by atoms with Crippen LogP contribution in [-0.2, 0) is 16.1 Å². The highest BCUT2D eigenvalue weighted by molar-refractivity contribution is 5.99. The van der Waals surface area contributed by atoms with Crippen LogP contribution in [0.1, 0.15) is 41.6 Å². The monoisotopic (exact) mass is 415 g/mol. The molecule has 0 radical (unpaired) electrons. The Hall–Kier alpha value is -2.77. The zero-order valence-corrected chi connectivity index (χ0v) is 16.9. The maximum Gasteiger partial charge on any atom is 0.290 e. The second-order valence-electron chi connectivity index (χ2n) is 7.55. The molecule has 1 fully saturated rings. The van der Waals surface area contributed by atoms with Gasteiger partial charge in [-0.3, -0.25) is 4.79 Å². The lowest BCUT2D eigenvalue weighted by molar-refractivity contribution is -0.0240. The molecule has 1 saturated heterocycles. The molecule has 2 heterocycles. The number of hydrogen-bond donors (Lipinski definition) is 0. The van der Waals surface area contributed by atoms with Gasteiger partial charge in [-0.1, -0.05) is 24.3 Å². The van der Waals surface area contributed by atoms with Crippen molar-refractivity contribution in [2.24, 2.45) is 0 Å². The summed E-state index contributed by atoms with van der Waals surface area (Å²) in [6.07, 6.45) is -0.541. The Kier molecular flexibility index (Phi) is 5.83. The Labute approximate surface area is 173 Å². The summed E-state index contributed by atoms with van der Waals surface area (Å²) in [4.78, 5) is 14.9. The highest BCUT2D eigenvalue weighted by Crippen LogP contribution is 2.30. The van der Waals surface area contributed by atoms with E-state index in [4.69, 9.17) is 13.9 Å².